The summed E-state index contributed by atoms with van der Waals surface area (Å²) in [7, 11) is 0. The average molecular weight is 312 g/mol. The van der Waals surface area contributed by atoms with Crippen molar-refractivity contribution in [2.45, 2.75) is 66.2 Å². The van der Waals surface area contributed by atoms with Gasteiger partial charge in [0, 0.05) is 18.8 Å². The standard InChI is InChI=1S/C17H29FN2O2/c1-7-10-12-15(18)13(20-17(4,5)6)11-14(19-12)16(21-8-2)22-9-3/h11,16H,7-10H2,1-6H3,(H,19,20). The lowest BCUT2D eigenvalue weighted by molar-refractivity contribution is -0.142. The van der Waals surface area contributed by atoms with Gasteiger partial charge in [0.2, 0.25) is 6.29 Å². The molecule has 1 rings (SSSR count). The van der Waals surface area contributed by atoms with Crippen molar-refractivity contribution in [2.24, 2.45) is 0 Å². The SMILES string of the molecule is CCCc1nc(C(OCC)OCC)cc(NC(C)(C)C)c1F. The van der Waals surface area contributed by atoms with Gasteiger partial charge < -0.3 is 14.8 Å². The Balaban J connectivity index is 3.25. The zero-order valence-electron chi connectivity index (χ0n) is 14.6. The lowest BCUT2D eigenvalue weighted by Crippen LogP contribution is -2.27. The Hall–Kier alpha value is -1.20. The molecule has 0 bridgehead atoms. The monoisotopic (exact) mass is 312 g/mol. The summed E-state index contributed by atoms with van der Waals surface area (Å²) in [6.07, 6.45) is 0.853. The van der Waals surface area contributed by atoms with E-state index in [0.29, 0.717) is 36.7 Å². The number of hydrogen-bond acceptors (Lipinski definition) is 4. The summed E-state index contributed by atoms with van der Waals surface area (Å²) in [5, 5.41) is 3.20. The maximum absolute atomic E-state index is 14.6. The van der Waals surface area contributed by atoms with E-state index in [1.807, 2.05) is 41.5 Å². The molecule has 0 aromatic carbocycles. The van der Waals surface area contributed by atoms with Crippen molar-refractivity contribution in [2.75, 3.05) is 18.5 Å². The first-order valence-electron chi connectivity index (χ1n) is 8.03. The molecule has 0 spiro atoms. The van der Waals surface area contributed by atoms with Gasteiger partial charge in [-0.25, -0.2) is 9.37 Å². The summed E-state index contributed by atoms with van der Waals surface area (Å²) in [5.41, 5.74) is 1.28. The van der Waals surface area contributed by atoms with Gasteiger partial charge in [-0.15, -0.1) is 0 Å². The Morgan fingerprint density at radius 1 is 1.18 bits per heavy atom. The largest absolute Gasteiger partial charge is 0.378 e. The molecular weight excluding hydrogens is 283 g/mol. The van der Waals surface area contributed by atoms with Gasteiger partial charge in [0.1, 0.15) is 0 Å². The molecule has 0 saturated heterocycles. The summed E-state index contributed by atoms with van der Waals surface area (Å²) in [4.78, 5) is 4.43. The quantitative estimate of drug-likeness (QED) is 0.720. The topological polar surface area (TPSA) is 43.4 Å². The summed E-state index contributed by atoms with van der Waals surface area (Å²) >= 11 is 0. The first-order valence-corrected chi connectivity index (χ1v) is 8.03. The third kappa shape index (κ3) is 5.54. The number of rotatable bonds is 8. The predicted octanol–water partition coefficient (Wildman–Crippen LogP) is 4.46. The van der Waals surface area contributed by atoms with Gasteiger partial charge in [0.25, 0.3) is 0 Å². The van der Waals surface area contributed by atoms with Crippen LogP contribution in [0, 0.1) is 5.82 Å². The van der Waals surface area contributed by atoms with Crippen molar-refractivity contribution in [1.82, 2.24) is 4.98 Å². The third-order valence-electron chi connectivity index (χ3n) is 2.92. The molecule has 0 radical (unpaired) electrons. The molecule has 0 atom stereocenters. The molecule has 0 aliphatic carbocycles. The van der Waals surface area contributed by atoms with Crippen LogP contribution in [0.2, 0.25) is 0 Å². The fourth-order valence-corrected chi connectivity index (χ4v) is 2.14. The van der Waals surface area contributed by atoms with Gasteiger partial charge in [-0.3, -0.25) is 0 Å². The average Bonchev–Trinajstić information content (AvgIpc) is 2.41. The lowest BCUT2D eigenvalue weighted by atomic mass is 10.1. The van der Waals surface area contributed by atoms with E-state index in [1.165, 1.54) is 0 Å². The normalized spacial score (nSPS) is 12.0. The molecule has 0 unspecified atom stereocenters. The van der Waals surface area contributed by atoms with Crippen molar-refractivity contribution < 1.29 is 13.9 Å². The molecule has 0 aliphatic rings. The van der Waals surface area contributed by atoms with Crippen LogP contribution in [0.1, 0.15) is 65.6 Å². The number of nitrogens with zero attached hydrogens (tertiary/aromatic N) is 1. The van der Waals surface area contributed by atoms with E-state index in [-0.39, 0.29) is 11.4 Å². The number of hydrogen-bond donors (Lipinski definition) is 1. The minimum absolute atomic E-state index is 0.240. The summed E-state index contributed by atoms with van der Waals surface area (Å²) < 4.78 is 25.8. The van der Waals surface area contributed by atoms with Crippen LogP contribution in [-0.2, 0) is 15.9 Å². The van der Waals surface area contributed by atoms with E-state index < -0.39 is 6.29 Å². The molecule has 4 nitrogen and oxygen atoms in total. The van der Waals surface area contributed by atoms with Crippen LogP contribution in [0.15, 0.2) is 6.07 Å². The van der Waals surface area contributed by atoms with Crippen LogP contribution in [0.4, 0.5) is 10.1 Å². The van der Waals surface area contributed by atoms with Crippen molar-refractivity contribution in [3.05, 3.63) is 23.3 Å². The van der Waals surface area contributed by atoms with E-state index in [1.54, 1.807) is 6.07 Å². The maximum Gasteiger partial charge on any atom is 0.201 e. The van der Waals surface area contributed by atoms with Gasteiger partial charge in [-0.1, -0.05) is 13.3 Å². The number of aromatic nitrogens is 1. The second-order valence-corrected chi connectivity index (χ2v) is 6.22. The summed E-state index contributed by atoms with van der Waals surface area (Å²) in [5.74, 6) is -0.285. The highest BCUT2D eigenvalue weighted by atomic mass is 19.1. The molecule has 1 heterocycles. The molecule has 1 aromatic rings. The molecule has 1 N–H and O–H groups in total. The predicted molar refractivity (Wildman–Crippen MR) is 87.6 cm³/mol. The first kappa shape index (κ1) is 18.8. The van der Waals surface area contributed by atoms with Crippen molar-refractivity contribution in [1.29, 1.82) is 0 Å². The van der Waals surface area contributed by atoms with Gasteiger partial charge in [0.15, 0.2) is 5.82 Å². The zero-order chi connectivity index (χ0) is 16.8. The number of nitrogens with one attached hydrogen (secondary N) is 1. The summed E-state index contributed by atoms with van der Waals surface area (Å²) in [6, 6.07) is 1.69. The van der Waals surface area contributed by atoms with Crippen molar-refractivity contribution in [3.63, 3.8) is 0 Å². The van der Waals surface area contributed by atoms with E-state index >= 15 is 0 Å². The minimum Gasteiger partial charge on any atom is -0.378 e. The number of anilines is 1. The molecule has 0 fully saturated rings. The first-order chi connectivity index (χ1) is 10.3. The molecule has 1 aromatic heterocycles. The van der Waals surface area contributed by atoms with Crippen LogP contribution in [0.25, 0.3) is 0 Å². The number of pyridine rings is 1. The van der Waals surface area contributed by atoms with Gasteiger partial charge in [0.05, 0.1) is 17.1 Å². The lowest BCUT2D eigenvalue weighted by Gasteiger charge is -2.25. The number of halogens is 1. The smallest absolute Gasteiger partial charge is 0.201 e. The minimum atomic E-state index is -0.563. The van der Waals surface area contributed by atoms with Crippen LogP contribution in [-0.4, -0.2) is 23.7 Å². The van der Waals surface area contributed by atoms with Crippen molar-refractivity contribution in [3.8, 4) is 0 Å². The van der Waals surface area contributed by atoms with Gasteiger partial charge in [-0.2, -0.15) is 0 Å². The second-order valence-electron chi connectivity index (χ2n) is 6.22. The maximum atomic E-state index is 14.6. The van der Waals surface area contributed by atoms with Gasteiger partial charge in [-0.05, 0) is 47.1 Å². The summed E-state index contributed by atoms with van der Waals surface area (Å²) in [6.45, 7) is 12.8. The molecule has 22 heavy (non-hydrogen) atoms. The Morgan fingerprint density at radius 3 is 2.23 bits per heavy atom. The highest BCUT2D eigenvalue weighted by Gasteiger charge is 2.21. The number of ether oxygens (including phenoxy) is 2. The second kappa shape index (κ2) is 8.44. The zero-order valence-corrected chi connectivity index (χ0v) is 14.6. The van der Waals surface area contributed by atoms with Gasteiger partial charge >= 0.3 is 0 Å². The van der Waals surface area contributed by atoms with E-state index in [4.69, 9.17) is 9.47 Å². The number of aryl methyl sites for hydroxylation is 1. The molecule has 0 aliphatic heterocycles. The molecular formula is C17H29FN2O2. The van der Waals surface area contributed by atoms with E-state index in [0.717, 1.165) is 6.42 Å². The van der Waals surface area contributed by atoms with Crippen LogP contribution >= 0.6 is 0 Å². The Morgan fingerprint density at radius 2 is 1.77 bits per heavy atom. The third-order valence-corrected chi connectivity index (χ3v) is 2.92. The fraction of sp³-hybridized carbons (Fsp3) is 0.706. The Kier molecular flexibility index (Phi) is 7.23. The highest BCUT2D eigenvalue weighted by molar-refractivity contribution is 5.49. The fourth-order valence-electron chi connectivity index (χ4n) is 2.14. The van der Waals surface area contributed by atoms with Crippen LogP contribution in [0.5, 0.6) is 0 Å². The van der Waals surface area contributed by atoms with E-state index in [2.05, 4.69) is 10.3 Å². The molecule has 0 amide bonds. The molecule has 5 heteroatoms. The van der Waals surface area contributed by atoms with Crippen LogP contribution in [0.3, 0.4) is 0 Å². The Labute approximate surface area is 133 Å². The molecule has 126 valence electrons. The molecule has 0 saturated carbocycles. The highest BCUT2D eigenvalue weighted by Crippen LogP contribution is 2.27. The Bertz CT molecular complexity index is 466. The van der Waals surface area contributed by atoms with Crippen LogP contribution < -0.4 is 5.32 Å². The van der Waals surface area contributed by atoms with E-state index in [9.17, 15) is 4.39 Å². The van der Waals surface area contributed by atoms with Crippen molar-refractivity contribution >= 4 is 5.69 Å².